The molecule has 1 atom stereocenters. The van der Waals surface area contributed by atoms with Crippen LogP contribution in [0.4, 0.5) is 0 Å². The fourth-order valence-corrected chi connectivity index (χ4v) is 4.08. The summed E-state index contributed by atoms with van der Waals surface area (Å²) in [6.45, 7) is 7.46. The van der Waals surface area contributed by atoms with E-state index >= 15 is 0 Å². The molecule has 3 heterocycles. The van der Waals surface area contributed by atoms with Gasteiger partial charge in [0.05, 0.1) is 35.7 Å². The summed E-state index contributed by atoms with van der Waals surface area (Å²) in [5, 5.41) is 19.2. The highest BCUT2D eigenvalue weighted by Crippen LogP contribution is 2.40. The highest BCUT2D eigenvalue weighted by atomic mass is 16.3. The molecule has 8 nitrogen and oxygen atoms in total. The van der Waals surface area contributed by atoms with Gasteiger partial charge in [-0.2, -0.15) is 10.2 Å². The molecule has 2 aromatic heterocycles. The standard InChI is InChI=1S/C20H27N5O3/c1-12-19(14(3)26)13(2)24(21-12)7-6-18(27)23-8-9-25-16(11-23)10-17(22-25)20(28)15-4-5-15/h10,15,20,28H,4-9,11H2,1-3H3/t20-/m1/s1. The lowest BCUT2D eigenvalue weighted by atomic mass is 10.1. The lowest BCUT2D eigenvalue weighted by Crippen LogP contribution is -2.38. The quantitative estimate of drug-likeness (QED) is 0.765. The first-order valence-electron chi connectivity index (χ1n) is 9.92. The lowest BCUT2D eigenvalue weighted by Gasteiger charge is -2.27. The molecule has 0 spiro atoms. The maximum absolute atomic E-state index is 12.7. The highest BCUT2D eigenvalue weighted by Gasteiger charge is 2.33. The molecule has 0 aromatic carbocycles. The van der Waals surface area contributed by atoms with E-state index in [0.717, 1.165) is 29.9 Å². The van der Waals surface area contributed by atoms with Crippen LogP contribution in [0.25, 0.3) is 0 Å². The summed E-state index contributed by atoms with van der Waals surface area (Å²) in [4.78, 5) is 26.3. The molecular weight excluding hydrogens is 358 g/mol. The van der Waals surface area contributed by atoms with Crippen LogP contribution in [0.3, 0.4) is 0 Å². The summed E-state index contributed by atoms with van der Waals surface area (Å²) < 4.78 is 3.66. The summed E-state index contributed by atoms with van der Waals surface area (Å²) in [6, 6.07) is 1.93. The molecule has 0 radical (unpaired) electrons. The van der Waals surface area contributed by atoms with Crippen molar-refractivity contribution in [1.82, 2.24) is 24.5 Å². The number of aliphatic hydroxyl groups excluding tert-OH is 1. The normalized spacial score (nSPS) is 17.5. The number of nitrogens with zero attached hydrogens (tertiary/aromatic N) is 5. The van der Waals surface area contributed by atoms with Gasteiger partial charge in [-0.1, -0.05) is 0 Å². The minimum atomic E-state index is -0.483. The summed E-state index contributed by atoms with van der Waals surface area (Å²) >= 11 is 0. The van der Waals surface area contributed by atoms with Gasteiger partial charge in [-0.15, -0.1) is 0 Å². The Balaban J connectivity index is 1.39. The number of ketones is 1. The van der Waals surface area contributed by atoms with E-state index in [1.807, 2.05) is 29.5 Å². The van der Waals surface area contributed by atoms with Gasteiger partial charge in [-0.3, -0.25) is 19.0 Å². The molecule has 0 unspecified atom stereocenters. The van der Waals surface area contributed by atoms with Gasteiger partial charge < -0.3 is 10.0 Å². The monoisotopic (exact) mass is 385 g/mol. The largest absolute Gasteiger partial charge is 0.386 e. The first-order chi connectivity index (χ1) is 13.3. The first-order valence-corrected chi connectivity index (χ1v) is 9.92. The summed E-state index contributed by atoms with van der Waals surface area (Å²) in [5.74, 6) is 0.407. The van der Waals surface area contributed by atoms with Gasteiger partial charge in [0.15, 0.2) is 5.78 Å². The first kappa shape index (κ1) is 18.9. The number of aromatic nitrogens is 4. The molecule has 2 aliphatic rings. The van der Waals surface area contributed by atoms with Crippen molar-refractivity contribution in [2.75, 3.05) is 6.54 Å². The fourth-order valence-electron chi connectivity index (χ4n) is 4.08. The van der Waals surface area contributed by atoms with E-state index in [2.05, 4.69) is 10.2 Å². The number of aryl methyl sites for hydroxylation is 2. The van der Waals surface area contributed by atoms with Gasteiger partial charge >= 0.3 is 0 Å². The second-order valence-corrected chi connectivity index (χ2v) is 7.96. The minimum Gasteiger partial charge on any atom is -0.386 e. The van der Waals surface area contributed by atoms with E-state index in [4.69, 9.17) is 0 Å². The topological polar surface area (TPSA) is 93.3 Å². The third-order valence-electron chi connectivity index (χ3n) is 5.81. The maximum atomic E-state index is 12.7. The molecule has 1 N–H and O–H groups in total. The zero-order chi connectivity index (χ0) is 20.0. The van der Waals surface area contributed by atoms with Crippen LogP contribution in [-0.2, 0) is 24.4 Å². The van der Waals surface area contributed by atoms with Crippen molar-refractivity contribution in [3.05, 3.63) is 34.4 Å². The predicted octanol–water partition coefficient (Wildman–Crippen LogP) is 1.77. The molecule has 4 rings (SSSR count). The molecule has 2 aromatic rings. The van der Waals surface area contributed by atoms with E-state index in [-0.39, 0.29) is 11.7 Å². The third-order valence-corrected chi connectivity index (χ3v) is 5.81. The Labute approximate surface area is 164 Å². The van der Waals surface area contributed by atoms with Gasteiger partial charge in [-0.25, -0.2) is 0 Å². The van der Waals surface area contributed by atoms with Crippen LogP contribution in [0, 0.1) is 19.8 Å². The summed E-state index contributed by atoms with van der Waals surface area (Å²) in [5.41, 5.74) is 3.87. The Morgan fingerprint density at radius 3 is 2.64 bits per heavy atom. The average molecular weight is 385 g/mol. The van der Waals surface area contributed by atoms with Crippen LogP contribution in [-0.4, -0.2) is 47.8 Å². The number of hydrogen-bond acceptors (Lipinski definition) is 5. The maximum Gasteiger partial charge on any atom is 0.224 e. The van der Waals surface area contributed by atoms with Crippen molar-refractivity contribution in [3.63, 3.8) is 0 Å². The van der Waals surface area contributed by atoms with Crippen molar-refractivity contribution in [2.45, 2.75) is 65.8 Å². The number of fused-ring (bicyclic) bond motifs is 1. The molecule has 150 valence electrons. The highest BCUT2D eigenvalue weighted by molar-refractivity contribution is 5.96. The molecule has 0 bridgehead atoms. The Morgan fingerprint density at radius 2 is 2.00 bits per heavy atom. The Kier molecular flexibility index (Phi) is 4.82. The average Bonchev–Trinajstić information content (AvgIpc) is 3.34. The van der Waals surface area contributed by atoms with Crippen LogP contribution in [0.1, 0.15) is 65.4 Å². The zero-order valence-electron chi connectivity index (χ0n) is 16.7. The van der Waals surface area contributed by atoms with E-state index < -0.39 is 6.10 Å². The second kappa shape index (κ2) is 7.16. The van der Waals surface area contributed by atoms with Gasteiger partial charge in [0.1, 0.15) is 6.10 Å². The van der Waals surface area contributed by atoms with Crippen molar-refractivity contribution in [1.29, 1.82) is 0 Å². The molecule has 0 saturated heterocycles. The fraction of sp³-hybridized carbons (Fsp3) is 0.600. The molecule has 1 saturated carbocycles. The van der Waals surface area contributed by atoms with Gasteiger partial charge in [0.2, 0.25) is 5.91 Å². The lowest BCUT2D eigenvalue weighted by molar-refractivity contribution is -0.133. The number of hydrogen-bond donors (Lipinski definition) is 1. The number of Topliss-reactive ketones (excluding diaryl/α,β-unsaturated/α-hetero) is 1. The number of carbonyl (C=O) groups excluding carboxylic acids is 2. The van der Waals surface area contributed by atoms with Crippen LogP contribution < -0.4 is 0 Å². The van der Waals surface area contributed by atoms with Crippen LogP contribution in [0.2, 0.25) is 0 Å². The van der Waals surface area contributed by atoms with Gasteiger partial charge in [0.25, 0.3) is 0 Å². The van der Waals surface area contributed by atoms with Gasteiger partial charge in [0, 0.05) is 25.2 Å². The molecule has 1 fully saturated rings. The van der Waals surface area contributed by atoms with Crippen molar-refractivity contribution in [2.24, 2.45) is 5.92 Å². The predicted molar refractivity (Wildman–Crippen MR) is 102 cm³/mol. The van der Waals surface area contributed by atoms with E-state index in [1.165, 1.54) is 6.92 Å². The Morgan fingerprint density at radius 1 is 1.25 bits per heavy atom. The van der Waals surface area contributed by atoms with Crippen molar-refractivity contribution in [3.8, 4) is 0 Å². The number of amides is 1. The smallest absolute Gasteiger partial charge is 0.224 e. The third kappa shape index (κ3) is 3.48. The molecule has 1 aliphatic heterocycles. The van der Waals surface area contributed by atoms with Crippen LogP contribution in [0.5, 0.6) is 0 Å². The summed E-state index contributed by atoms with van der Waals surface area (Å²) in [7, 11) is 0. The molecule has 8 heteroatoms. The van der Waals surface area contributed by atoms with Crippen molar-refractivity contribution < 1.29 is 14.7 Å². The van der Waals surface area contributed by atoms with Crippen LogP contribution in [0.15, 0.2) is 6.07 Å². The molecular formula is C20H27N5O3. The Hall–Kier alpha value is -2.48. The SMILES string of the molecule is CC(=O)c1c(C)nn(CCC(=O)N2CCn3nc([C@H](O)C4CC4)cc3C2)c1C. The summed E-state index contributed by atoms with van der Waals surface area (Å²) in [6.07, 6.45) is 1.98. The Bertz CT molecular complexity index is 925. The van der Waals surface area contributed by atoms with Gasteiger partial charge in [-0.05, 0) is 45.6 Å². The number of aliphatic hydroxyl groups is 1. The number of rotatable bonds is 6. The molecule has 1 aliphatic carbocycles. The second-order valence-electron chi connectivity index (χ2n) is 7.96. The molecule has 28 heavy (non-hydrogen) atoms. The number of carbonyl (C=O) groups is 2. The van der Waals surface area contributed by atoms with E-state index in [1.54, 1.807) is 4.68 Å². The van der Waals surface area contributed by atoms with Crippen LogP contribution >= 0.6 is 0 Å². The zero-order valence-corrected chi connectivity index (χ0v) is 16.7. The minimum absolute atomic E-state index is 0.000980. The van der Waals surface area contributed by atoms with Crippen molar-refractivity contribution >= 4 is 11.7 Å². The van der Waals surface area contributed by atoms with E-state index in [9.17, 15) is 14.7 Å². The molecule has 1 amide bonds. The van der Waals surface area contributed by atoms with E-state index in [0.29, 0.717) is 49.8 Å².